The minimum Gasteiger partial charge on any atom is -0.383 e. The molecule has 2 nitrogen and oxygen atoms in total. The van der Waals surface area contributed by atoms with Crippen LogP contribution in [0.15, 0.2) is 15.9 Å². The van der Waals surface area contributed by atoms with Gasteiger partial charge in [0.05, 0.1) is 6.61 Å². The van der Waals surface area contributed by atoms with Gasteiger partial charge in [-0.1, -0.05) is 25.7 Å². The maximum atomic E-state index is 5.10. The first-order chi connectivity index (χ1) is 9.29. The Morgan fingerprint density at radius 3 is 2.89 bits per heavy atom. The van der Waals surface area contributed by atoms with Crippen LogP contribution in [-0.4, -0.2) is 26.8 Å². The van der Waals surface area contributed by atoms with E-state index in [1.807, 2.05) is 11.3 Å². The highest BCUT2D eigenvalue weighted by molar-refractivity contribution is 9.10. The molecule has 19 heavy (non-hydrogen) atoms. The lowest BCUT2D eigenvalue weighted by Gasteiger charge is -2.23. The summed E-state index contributed by atoms with van der Waals surface area (Å²) in [6.45, 7) is 2.90. The van der Waals surface area contributed by atoms with Crippen molar-refractivity contribution in [2.45, 2.75) is 32.1 Å². The molecule has 1 unspecified atom stereocenters. The maximum Gasteiger partial charge on any atom is 0.0587 e. The molecule has 0 saturated heterocycles. The van der Waals surface area contributed by atoms with Gasteiger partial charge < -0.3 is 10.1 Å². The third kappa shape index (κ3) is 5.18. The second-order valence-corrected chi connectivity index (χ2v) is 7.35. The van der Waals surface area contributed by atoms with Gasteiger partial charge in [0.2, 0.25) is 0 Å². The van der Waals surface area contributed by atoms with Gasteiger partial charge in [-0.05, 0) is 46.8 Å². The van der Waals surface area contributed by atoms with E-state index >= 15 is 0 Å². The number of halogens is 1. The summed E-state index contributed by atoms with van der Waals surface area (Å²) < 4.78 is 6.33. The molecule has 1 aliphatic carbocycles. The average molecular weight is 346 g/mol. The van der Waals surface area contributed by atoms with Crippen LogP contribution < -0.4 is 5.32 Å². The first kappa shape index (κ1) is 15.5. The molecule has 0 aromatic carbocycles. The molecule has 1 saturated carbocycles. The quantitative estimate of drug-likeness (QED) is 0.716. The summed E-state index contributed by atoms with van der Waals surface area (Å²) in [5.74, 6) is 1.70. The normalized spacial score (nSPS) is 18.0. The van der Waals surface area contributed by atoms with E-state index in [0.717, 1.165) is 31.5 Å². The summed E-state index contributed by atoms with van der Waals surface area (Å²) in [7, 11) is 1.76. The third-order valence-corrected chi connectivity index (χ3v) is 5.76. The zero-order valence-corrected chi connectivity index (χ0v) is 14.1. The highest BCUT2D eigenvalue weighted by atomic mass is 79.9. The summed E-state index contributed by atoms with van der Waals surface area (Å²) in [4.78, 5) is 1.51. The average Bonchev–Trinajstić information content (AvgIpc) is 3.04. The second kappa shape index (κ2) is 8.40. The number of thiophene rings is 1. The van der Waals surface area contributed by atoms with Crippen LogP contribution in [0, 0.1) is 11.8 Å². The van der Waals surface area contributed by atoms with Gasteiger partial charge in [0.1, 0.15) is 0 Å². The monoisotopic (exact) mass is 345 g/mol. The molecule has 0 amide bonds. The summed E-state index contributed by atoms with van der Waals surface area (Å²) in [6, 6.07) is 2.28. The molecule has 1 N–H and O–H groups in total. The Kier molecular flexibility index (Phi) is 6.85. The molecule has 1 aliphatic rings. The molecular weight excluding hydrogens is 322 g/mol. The van der Waals surface area contributed by atoms with Gasteiger partial charge in [-0.2, -0.15) is 0 Å². The van der Waals surface area contributed by atoms with E-state index in [1.54, 1.807) is 7.11 Å². The van der Waals surface area contributed by atoms with Crippen molar-refractivity contribution in [1.82, 2.24) is 5.32 Å². The molecule has 0 spiro atoms. The van der Waals surface area contributed by atoms with Crippen molar-refractivity contribution < 1.29 is 4.74 Å². The summed E-state index contributed by atoms with van der Waals surface area (Å²) in [5.41, 5.74) is 0. The summed E-state index contributed by atoms with van der Waals surface area (Å²) in [5, 5.41) is 5.75. The SMILES string of the molecule is COCCNCC(Cc1cc(Br)cs1)C1CCCC1. The molecule has 1 fully saturated rings. The van der Waals surface area contributed by atoms with Crippen molar-refractivity contribution >= 4 is 27.3 Å². The fourth-order valence-corrected chi connectivity index (χ4v) is 4.56. The Morgan fingerprint density at radius 2 is 2.26 bits per heavy atom. The van der Waals surface area contributed by atoms with E-state index in [0.29, 0.717) is 0 Å². The minimum absolute atomic E-state index is 0.782. The van der Waals surface area contributed by atoms with Gasteiger partial charge in [-0.3, -0.25) is 0 Å². The zero-order chi connectivity index (χ0) is 13.5. The van der Waals surface area contributed by atoms with Gasteiger partial charge in [-0.25, -0.2) is 0 Å². The summed E-state index contributed by atoms with van der Waals surface area (Å²) in [6.07, 6.45) is 6.91. The first-order valence-electron chi connectivity index (χ1n) is 7.22. The van der Waals surface area contributed by atoms with Gasteiger partial charge in [0.25, 0.3) is 0 Å². The van der Waals surface area contributed by atoms with Crippen molar-refractivity contribution in [3.8, 4) is 0 Å². The maximum absolute atomic E-state index is 5.10. The van der Waals surface area contributed by atoms with Crippen LogP contribution in [0.4, 0.5) is 0 Å². The minimum atomic E-state index is 0.782. The van der Waals surface area contributed by atoms with Crippen molar-refractivity contribution in [3.05, 3.63) is 20.8 Å². The largest absolute Gasteiger partial charge is 0.383 e. The van der Waals surface area contributed by atoms with Crippen LogP contribution in [0.5, 0.6) is 0 Å². The Bertz CT molecular complexity index is 363. The van der Waals surface area contributed by atoms with E-state index in [-0.39, 0.29) is 0 Å². The van der Waals surface area contributed by atoms with Gasteiger partial charge in [0.15, 0.2) is 0 Å². The highest BCUT2D eigenvalue weighted by Gasteiger charge is 2.25. The second-order valence-electron chi connectivity index (χ2n) is 5.44. The van der Waals surface area contributed by atoms with Crippen molar-refractivity contribution in [1.29, 1.82) is 0 Å². The first-order valence-corrected chi connectivity index (χ1v) is 8.89. The van der Waals surface area contributed by atoms with E-state index < -0.39 is 0 Å². The standard InChI is InChI=1S/C15H24BrNOS/c1-18-7-6-17-10-13(12-4-2-3-5-12)8-15-9-14(16)11-19-15/h9,11-13,17H,2-8,10H2,1H3. The zero-order valence-electron chi connectivity index (χ0n) is 11.7. The van der Waals surface area contributed by atoms with Crippen LogP contribution in [0.3, 0.4) is 0 Å². The van der Waals surface area contributed by atoms with Crippen LogP contribution >= 0.6 is 27.3 Å². The van der Waals surface area contributed by atoms with Crippen LogP contribution in [-0.2, 0) is 11.2 Å². The Morgan fingerprint density at radius 1 is 1.47 bits per heavy atom. The molecule has 1 atom stereocenters. The van der Waals surface area contributed by atoms with Crippen LogP contribution in [0.2, 0.25) is 0 Å². The number of hydrogen-bond donors (Lipinski definition) is 1. The molecule has 108 valence electrons. The molecule has 2 rings (SSSR count). The van der Waals surface area contributed by atoms with Crippen molar-refractivity contribution in [2.24, 2.45) is 11.8 Å². The van der Waals surface area contributed by atoms with E-state index in [1.165, 1.54) is 41.5 Å². The number of hydrogen-bond acceptors (Lipinski definition) is 3. The van der Waals surface area contributed by atoms with E-state index in [9.17, 15) is 0 Å². The van der Waals surface area contributed by atoms with Crippen molar-refractivity contribution in [3.63, 3.8) is 0 Å². The molecule has 1 aromatic heterocycles. The highest BCUT2D eigenvalue weighted by Crippen LogP contribution is 2.34. The number of ether oxygens (including phenoxy) is 1. The molecular formula is C15H24BrNOS. The van der Waals surface area contributed by atoms with Gasteiger partial charge >= 0.3 is 0 Å². The molecule has 0 radical (unpaired) electrons. The Balaban J connectivity index is 1.85. The lowest BCUT2D eigenvalue weighted by molar-refractivity contribution is 0.195. The predicted molar refractivity (Wildman–Crippen MR) is 85.9 cm³/mol. The topological polar surface area (TPSA) is 21.3 Å². The molecule has 4 heteroatoms. The predicted octanol–water partition coefficient (Wildman–Crippen LogP) is 4.10. The van der Waals surface area contributed by atoms with Gasteiger partial charge in [-0.15, -0.1) is 11.3 Å². The van der Waals surface area contributed by atoms with Crippen LogP contribution in [0.25, 0.3) is 0 Å². The fourth-order valence-electron chi connectivity index (χ4n) is 3.02. The number of rotatable bonds is 8. The number of methoxy groups -OCH3 is 1. The molecule has 1 aromatic rings. The number of nitrogens with one attached hydrogen (secondary N) is 1. The third-order valence-electron chi connectivity index (χ3n) is 4.04. The van der Waals surface area contributed by atoms with Gasteiger partial charge in [0, 0.05) is 28.4 Å². The Labute approximate surface area is 129 Å². The van der Waals surface area contributed by atoms with E-state index in [4.69, 9.17) is 4.74 Å². The summed E-state index contributed by atoms with van der Waals surface area (Å²) >= 11 is 5.44. The molecule has 1 heterocycles. The van der Waals surface area contributed by atoms with Crippen molar-refractivity contribution in [2.75, 3.05) is 26.8 Å². The molecule has 0 bridgehead atoms. The fraction of sp³-hybridized carbons (Fsp3) is 0.733. The smallest absolute Gasteiger partial charge is 0.0587 e. The Hall–Kier alpha value is 0.1000. The molecule has 0 aliphatic heterocycles. The van der Waals surface area contributed by atoms with E-state index in [2.05, 4.69) is 32.7 Å². The van der Waals surface area contributed by atoms with Crippen LogP contribution in [0.1, 0.15) is 30.6 Å². The lowest BCUT2D eigenvalue weighted by atomic mass is 9.87. The lowest BCUT2D eigenvalue weighted by Crippen LogP contribution is -2.30.